The van der Waals surface area contributed by atoms with Gasteiger partial charge in [-0.05, 0) is 31.5 Å². The van der Waals surface area contributed by atoms with Crippen LogP contribution in [-0.4, -0.2) is 28.6 Å². The number of ether oxygens (including phenoxy) is 1. The monoisotopic (exact) mass is 277 g/mol. The van der Waals surface area contributed by atoms with Gasteiger partial charge in [-0.1, -0.05) is 6.07 Å². The van der Waals surface area contributed by atoms with Crippen LogP contribution in [0.15, 0.2) is 18.2 Å². The fourth-order valence-electron chi connectivity index (χ4n) is 1.56. The average Bonchev–Trinajstić information content (AvgIpc) is 2.42. The van der Waals surface area contributed by atoms with Crippen molar-refractivity contribution in [3.8, 4) is 6.01 Å². The van der Waals surface area contributed by atoms with Crippen LogP contribution in [0.4, 0.5) is 22.0 Å². The van der Waals surface area contributed by atoms with E-state index in [1.54, 1.807) is 19.2 Å². The summed E-state index contributed by atoms with van der Waals surface area (Å²) in [5.41, 5.74) is 1.14. The first-order valence-corrected chi connectivity index (χ1v) is 6.22. The number of anilines is 3. The topological polar surface area (TPSA) is 72.0 Å². The Bertz CT molecular complexity index is 605. The summed E-state index contributed by atoms with van der Waals surface area (Å²) in [4.78, 5) is 12.2. The number of hydrogen-bond donors (Lipinski definition) is 2. The van der Waals surface area contributed by atoms with E-state index < -0.39 is 0 Å². The summed E-state index contributed by atoms with van der Waals surface area (Å²) in [6.45, 7) is 4.09. The summed E-state index contributed by atoms with van der Waals surface area (Å²) < 4.78 is 19.0. The molecular formula is C13H16FN5O. The van der Waals surface area contributed by atoms with Crippen LogP contribution in [-0.2, 0) is 0 Å². The molecule has 0 atom stereocenters. The lowest BCUT2D eigenvalue weighted by Crippen LogP contribution is -2.07. The highest BCUT2D eigenvalue weighted by Gasteiger charge is 2.09. The Morgan fingerprint density at radius 1 is 1.20 bits per heavy atom. The molecule has 0 bridgehead atoms. The molecule has 1 aromatic carbocycles. The standard InChI is InChI=1S/C13H16FN5O/c1-4-20-13-18-11(15-3)17-12(19-13)16-10-6-5-8(2)7-9(10)14/h5-7H,4H2,1-3H3,(H2,15,16,17,18,19). The fourth-order valence-corrected chi connectivity index (χ4v) is 1.56. The molecule has 0 saturated heterocycles. The van der Waals surface area contributed by atoms with Gasteiger partial charge in [-0.2, -0.15) is 15.0 Å². The zero-order valence-electron chi connectivity index (χ0n) is 11.6. The second-order valence-electron chi connectivity index (χ2n) is 4.06. The minimum Gasteiger partial charge on any atom is -0.464 e. The fraction of sp³-hybridized carbons (Fsp3) is 0.308. The normalized spacial score (nSPS) is 10.2. The number of nitrogens with zero attached hydrogens (tertiary/aromatic N) is 3. The van der Waals surface area contributed by atoms with Gasteiger partial charge < -0.3 is 15.4 Å². The van der Waals surface area contributed by atoms with Gasteiger partial charge in [0.05, 0.1) is 12.3 Å². The number of aromatic nitrogens is 3. The lowest BCUT2D eigenvalue weighted by atomic mass is 10.2. The number of nitrogens with one attached hydrogen (secondary N) is 2. The largest absolute Gasteiger partial charge is 0.464 e. The number of rotatable bonds is 5. The summed E-state index contributed by atoms with van der Waals surface area (Å²) in [5.74, 6) is 0.198. The molecule has 7 heteroatoms. The Hall–Kier alpha value is -2.44. The van der Waals surface area contributed by atoms with Gasteiger partial charge >= 0.3 is 6.01 Å². The van der Waals surface area contributed by atoms with Crippen LogP contribution in [0.2, 0.25) is 0 Å². The van der Waals surface area contributed by atoms with E-state index in [4.69, 9.17) is 4.74 Å². The van der Waals surface area contributed by atoms with Crippen LogP contribution >= 0.6 is 0 Å². The first kappa shape index (κ1) is 14.0. The van der Waals surface area contributed by atoms with Gasteiger partial charge in [0.15, 0.2) is 0 Å². The van der Waals surface area contributed by atoms with E-state index in [9.17, 15) is 4.39 Å². The molecule has 0 saturated carbocycles. The Labute approximate surface area is 116 Å². The molecule has 0 amide bonds. The molecule has 2 rings (SSSR count). The predicted octanol–water partition coefficient (Wildman–Crippen LogP) is 2.50. The van der Waals surface area contributed by atoms with E-state index >= 15 is 0 Å². The molecule has 0 fully saturated rings. The average molecular weight is 277 g/mol. The Morgan fingerprint density at radius 2 is 1.95 bits per heavy atom. The summed E-state index contributed by atoms with van der Waals surface area (Å²) >= 11 is 0. The van der Waals surface area contributed by atoms with Crippen LogP contribution in [0.25, 0.3) is 0 Å². The van der Waals surface area contributed by atoms with E-state index in [2.05, 4.69) is 25.6 Å². The second-order valence-corrected chi connectivity index (χ2v) is 4.06. The summed E-state index contributed by atoms with van der Waals surface area (Å²) in [5, 5.41) is 5.62. The molecule has 1 aromatic heterocycles. The maximum absolute atomic E-state index is 13.8. The van der Waals surface area contributed by atoms with Crippen molar-refractivity contribution in [2.75, 3.05) is 24.3 Å². The van der Waals surface area contributed by atoms with Gasteiger partial charge in [-0.3, -0.25) is 0 Å². The van der Waals surface area contributed by atoms with E-state index in [-0.39, 0.29) is 17.8 Å². The van der Waals surface area contributed by atoms with E-state index in [0.29, 0.717) is 18.2 Å². The Balaban J connectivity index is 2.29. The van der Waals surface area contributed by atoms with Gasteiger partial charge in [0.2, 0.25) is 11.9 Å². The molecule has 6 nitrogen and oxygen atoms in total. The van der Waals surface area contributed by atoms with Crippen LogP contribution < -0.4 is 15.4 Å². The maximum atomic E-state index is 13.8. The summed E-state index contributed by atoms with van der Waals surface area (Å²) in [6.07, 6.45) is 0. The van der Waals surface area contributed by atoms with Crippen molar-refractivity contribution in [2.24, 2.45) is 0 Å². The number of halogens is 1. The van der Waals surface area contributed by atoms with E-state index in [1.807, 2.05) is 13.8 Å². The first-order chi connectivity index (χ1) is 9.62. The highest BCUT2D eigenvalue weighted by molar-refractivity contribution is 5.55. The van der Waals surface area contributed by atoms with Crippen molar-refractivity contribution in [1.29, 1.82) is 0 Å². The van der Waals surface area contributed by atoms with Crippen molar-refractivity contribution in [3.05, 3.63) is 29.6 Å². The van der Waals surface area contributed by atoms with Gasteiger partial charge in [-0.15, -0.1) is 0 Å². The van der Waals surface area contributed by atoms with Gasteiger partial charge in [-0.25, -0.2) is 4.39 Å². The van der Waals surface area contributed by atoms with Crippen LogP contribution in [0.3, 0.4) is 0 Å². The summed E-state index contributed by atoms with van der Waals surface area (Å²) in [6, 6.07) is 5.05. The summed E-state index contributed by atoms with van der Waals surface area (Å²) in [7, 11) is 1.68. The van der Waals surface area contributed by atoms with Crippen molar-refractivity contribution < 1.29 is 9.13 Å². The molecule has 0 unspecified atom stereocenters. The lowest BCUT2D eigenvalue weighted by Gasteiger charge is -2.09. The number of hydrogen-bond acceptors (Lipinski definition) is 6. The first-order valence-electron chi connectivity index (χ1n) is 6.22. The van der Waals surface area contributed by atoms with Crippen molar-refractivity contribution in [1.82, 2.24) is 15.0 Å². The molecule has 0 aliphatic carbocycles. The van der Waals surface area contributed by atoms with Crippen molar-refractivity contribution >= 4 is 17.6 Å². The number of benzene rings is 1. The molecule has 0 aliphatic rings. The zero-order chi connectivity index (χ0) is 14.5. The molecule has 0 radical (unpaired) electrons. The zero-order valence-corrected chi connectivity index (χ0v) is 11.6. The minimum absolute atomic E-state index is 0.182. The SMILES string of the molecule is CCOc1nc(NC)nc(Nc2ccc(C)cc2F)n1. The molecular weight excluding hydrogens is 261 g/mol. The predicted molar refractivity (Wildman–Crippen MR) is 75.0 cm³/mol. The maximum Gasteiger partial charge on any atom is 0.323 e. The molecule has 0 spiro atoms. The highest BCUT2D eigenvalue weighted by Crippen LogP contribution is 2.20. The third-order valence-electron chi connectivity index (χ3n) is 2.48. The van der Waals surface area contributed by atoms with Gasteiger partial charge in [0, 0.05) is 7.05 Å². The molecule has 20 heavy (non-hydrogen) atoms. The molecule has 2 aromatic rings. The molecule has 0 aliphatic heterocycles. The smallest absolute Gasteiger partial charge is 0.323 e. The highest BCUT2D eigenvalue weighted by atomic mass is 19.1. The second kappa shape index (κ2) is 6.14. The third-order valence-corrected chi connectivity index (χ3v) is 2.48. The van der Waals surface area contributed by atoms with E-state index in [1.165, 1.54) is 6.07 Å². The minimum atomic E-state index is -0.366. The quantitative estimate of drug-likeness (QED) is 0.875. The molecule has 1 heterocycles. The molecule has 2 N–H and O–H groups in total. The third kappa shape index (κ3) is 3.31. The Morgan fingerprint density at radius 3 is 2.60 bits per heavy atom. The van der Waals surface area contributed by atoms with Crippen LogP contribution in [0.1, 0.15) is 12.5 Å². The van der Waals surface area contributed by atoms with Gasteiger partial charge in [0.1, 0.15) is 5.82 Å². The lowest BCUT2D eigenvalue weighted by molar-refractivity contribution is 0.312. The van der Waals surface area contributed by atoms with Crippen molar-refractivity contribution in [3.63, 3.8) is 0 Å². The van der Waals surface area contributed by atoms with E-state index in [0.717, 1.165) is 5.56 Å². The van der Waals surface area contributed by atoms with Crippen molar-refractivity contribution in [2.45, 2.75) is 13.8 Å². The number of aryl methyl sites for hydroxylation is 1. The van der Waals surface area contributed by atoms with Crippen LogP contribution in [0, 0.1) is 12.7 Å². The molecule has 106 valence electrons. The Kier molecular flexibility index (Phi) is 4.29. The van der Waals surface area contributed by atoms with Crippen LogP contribution in [0.5, 0.6) is 6.01 Å². The van der Waals surface area contributed by atoms with Gasteiger partial charge in [0.25, 0.3) is 0 Å².